The van der Waals surface area contributed by atoms with Gasteiger partial charge in [-0.25, -0.2) is 9.78 Å². The highest BCUT2D eigenvalue weighted by atomic mass is 32.2. The average Bonchev–Trinajstić information content (AvgIpc) is 3.00. The normalized spacial score (nSPS) is 14.2. The van der Waals surface area contributed by atoms with E-state index in [1.165, 1.54) is 34.6 Å². The van der Waals surface area contributed by atoms with Gasteiger partial charge in [-0.1, -0.05) is 11.3 Å². The summed E-state index contributed by atoms with van der Waals surface area (Å²) in [4.78, 5) is 18.4. The van der Waals surface area contributed by atoms with E-state index in [0.29, 0.717) is 5.00 Å². The second-order valence-corrected chi connectivity index (χ2v) is 7.36. The van der Waals surface area contributed by atoms with Crippen molar-refractivity contribution in [1.29, 1.82) is 0 Å². The van der Waals surface area contributed by atoms with Crippen LogP contribution in [0.2, 0.25) is 0 Å². The molecule has 0 fully saturated rings. The number of rotatable bonds is 2. The van der Waals surface area contributed by atoms with E-state index >= 15 is 0 Å². The number of thiazole rings is 1. The van der Waals surface area contributed by atoms with Gasteiger partial charge in [0, 0.05) is 10.6 Å². The Hall–Kier alpha value is -1.05. The number of anilines is 1. The third-order valence-corrected chi connectivity index (χ3v) is 6.17. The summed E-state index contributed by atoms with van der Waals surface area (Å²) in [6.07, 6.45) is 1.12. The Labute approximate surface area is 123 Å². The third-order valence-electron chi connectivity index (χ3n) is 2.87. The van der Waals surface area contributed by atoms with Gasteiger partial charge in [0.25, 0.3) is 0 Å². The highest BCUT2D eigenvalue weighted by Crippen LogP contribution is 2.39. The largest absolute Gasteiger partial charge is 0.464 e. The number of hydrogen-bond donors (Lipinski definition) is 1. The maximum Gasteiger partial charge on any atom is 0.359 e. The van der Waals surface area contributed by atoms with E-state index in [4.69, 9.17) is 5.73 Å². The standard InChI is InChI=1S/C12H12N2O2S3/c1-16-12(15)9-10(13)19-11(14-9)8-4-6-5-17-3-2-7(6)18-8/h4H,2-3,5,13H2,1H3. The SMILES string of the molecule is COC(=O)c1nc(-c2cc3c(s2)CCSC3)sc1N. The molecule has 7 heteroatoms. The maximum atomic E-state index is 11.5. The predicted octanol–water partition coefficient (Wildman–Crippen LogP) is 3.03. The zero-order chi connectivity index (χ0) is 13.4. The molecule has 0 spiro atoms. The molecule has 2 aromatic heterocycles. The van der Waals surface area contributed by atoms with Crippen molar-refractivity contribution in [2.24, 2.45) is 0 Å². The topological polar surface area (TPSA) is 65.2 Å². The Morgan fingerprint density at radius 3 is 3.05 bits per heavy atom. The molecule has 3 rings (SSSR count). The number of thiophene rings is 1. The summed E-state index contributed by atoms with van der Waals surface area (Å²) >= 11 is 5.05. The maximum absolute atomic E-state index is 11.5. The minimum absolute atomic E-state index is 0.225. The van der Waals surface area contributed by atoms with Gasteiger partial charge in [0.05, 0.1) is 12.0 Å². The van der Waals surface area contributed by atoms with E-state index in [1.807, 2.05) is 11.8 Å². The first-order chi connectivity index (χ1) is 9.19. The molecule has 1 aliphatic rings. The molecular formula is C12H12N2O2S3. The van der Waals surface area contributed by atoms with Gasteiger partial charge in [0.1, 0.15) is 10.0 Å². The predicted molar refractivity (Wildman–Crippen MR) is 81.0 cm³/mol. The van der Waals surface area contributed by atoms with E-state index in [0.717, 1.165) is 22.1 Å². The summed E-state index contributed by atoms with van der Waals surface area (Å²) < 4.78 is 4.67. The van der Waals surface area contributed by atoms with Crippen LogP contribution in [0.5, 0.6) is 0 Å². The number of esters is 1. The Morgan fingerprint density at radius 1 is 1.47 bits per heavy atom. The lowest BCUT2D eigenvalue weighted by Gasteiger charge is -2.08. The quantitative estimate of drug-likeness (QED) is 0.864. The Morgan fingerprint density at radius 2 is 2.32 bits per heavy atom. The number of nitrogens with zero attached hydrogens (tertiary/aromatic N) is 1. The number of aromatic nitrogens is 1. The van der Waals surface area contributed by atoms with Crippen LogP contribution in [0.15, 0.2) is 6.07 Å². The molecule has 0 radical (unpaired) electrons. The molecule has 1 aliphatic heterocycles. The molecule has 2 aromatic rings. The number of thioether (sulfide) groups is 1. The second-order valence-electron chi connectivity index (χ2n) is 4.09. The summed E-state index contributed by atoms with van der Waals surface area (Å²) in [5.74, 6) is 1.77. The van der Waals surface area contributed by atoms with Crippen molar-refractivity contribution in [3.63, 3.8) is 0 Å². The lowest BCUT2D eigenvalue weighted by Crippen LogP contribution is -2.04. The summed E-state index contributed by atoms with van der Waals surface area (Å²) in [6, 6.07) is 2.17. The monoisotopic (exact) mass is 312 g/mol. The van der Waals surface area contributed by atoms with E-state index in [-0.39, 0.29) is 5.69 Å². The zero-order valence-corrected chi connectivity index (χ0v) is 12.7. The van der Waals surface area contributed by atoms with E-state index in [9.17, 15) is 4.79 Å². The van der Waals surface area contributed by atoms with Crippen LogP contribution in [0.4, 0.5) is 5.00 Å². The number of aryl methyl sites for hydroxylation is 1. The number of methoxy groups -OCH3 is 1. The first kappa shape index (κ1) is 13.0. The molecule has 0 unspecified atom stereocenters. The van der Waals surface area contributed by atoms with Crippen LogP contribution in [0, 0.1) is 0 Å². The molecule has 0 atom stereocenters. The number of ether oxygens (including phenoxy) is 1. The van der Waals surface area contributed by atoms with Gasteiger partial charge >= 0.3 is 5.97 Å². The fourth-order valence-corrected chi connectivity index (χ4v) is 5.17. The summed E-state index contributed by atoms with van der Waals surface area (Å²) in [6.45, 7) is 0. The van der Waals surface area contributed by atoms with E-state index < -0.39 is 5.97 Å². The van der Waals surface area contributed by atoms with Crippen molar-refractivity contribution in [1.82, 2.24) is 4.98 Å². The van der Waals surface area contributed by atoms with Gasteiger partial charge in [-0.15, -0.1) is 11.3 Å². The van der Waals surface area contributed by atoms with Crippen LogP contribution >= 0.6 is 34.4 Å². The molecule has 0 aliphatic carbocycles. The van der Waals surface area contributed by atoms with Crippen molar-refractivity contribution in [3.8, 4) is 9.88 Å². The van der Waals surface area contributed by atoms with Gasteiger partial charge in [-0.3, -0.25) is 0 Å². The van der Waals surface area contributed by atoms with Crippen LogP contribution in [0.3, 0.4) is 0 Å². The van der Waals surface area contributed by atoms with E-state index in [2.05, 4.69) is 15.8 Å². The van der Waals surface area contributed by atoms with Crippen molar-refractivity contribution in [2.75, 3.05) is 18.6 Å². The number of carbonyl (C=O) groups is 1. The summed E-state index contributed by atoms with van der Waals surface area (Å²) in [5.41, 5.74) is 7.45. The van der Waals surface area contributed by atoms with Crippen LogP contribution in [0.1, 0.15) is 20.9 Å². The Balaban J connectivity index is 1.98. The Bertz CT molecular complexity index is 609. The molecule has 19 heavy (non-hydrogen) atoms. The average molecular weight is 312 g/mol. The molecule has 0 saturated carbocycles. The molecule has 4 nitrogen and oxygen atoms in total. The smallest absolute Gasteiger partial charge is 0.359 e. The fraction of sp³-hybridized carbons (Fsp3) is 0.333. The number of hydrogen-bond acceptors (Lipinski definition) is 7. The highest BCUT2D eigenvalue weighted by molar-refractivity contribution is 7.98. The van der Waals surface area contributed by atoms with Crippen LogP contribution < -0.4 is 5.73 Å². The zero-order valence-electron chi connectivity index (χ0n) is 10.3. The van der Waals surface area contributed by atoms with Gasteiger partial charge in [-0.2, -0.15) is 11.8 Å². The van der Waals surface area contributed by atoms with Crippen molar-refractivity contribution >= 4 is 45.4 Å². The minimum Gasteiger partial charge on any atom is -0.464 e. The second kappa shape index (κ2) is 5.15. The number of carbonyl (C=O) groups excluding carboxylic acids is 1. The first-order valence-electron chi connectivity index (χ1n) is 5.73. The molecule has 100 valence electrons. The molecule has 3 heterocycles. The lowest BCUT2D eigenvalue weighted by atomic mass is 10.2. The third kappa shape index (κ3) is 2.37. The molecule has 0 aromatic carbocycles. The summed E-state index contributed by atoms with van der Waals surface area (Å²) in [5, 5.41) is 1.23. The van der Waals surface area contributed by atoms with Crippen molar-refractivity contribution in [3.05, 3.63) is 22.2 Å². The first-order valence-corrected chi connectivity index (χ1v) is 8.52. The molecule has 0 amide bonds. The highest BCUT2D eigenvalue weighted by Gasteiger charge is 2.20. The molecule has 0 bridgehead atoms. The molecular weight excluding hydrogens is 300 g/mol. The molecule has 2 N–H and O–H groups in total. The van der Waals surface area contributed by atoms with Crippen molar-refractivity contribution < 1.29 is 9.53 Å². The number of nitrogen functional groups attached to an aromatic ring is 1. The van der Waals surface area contributed by atoms with Crippen LogP contribution in [-0.2, 0) is 16.9 Å². The summed E-state index contributed by atoms with van der Waals surface area (Å²) in [7, 11) is 1.34. The number of nitrogens with two attached hydrogens (primary N) is 1. The van der Waals surface area contributed by atoms with E-state index in [1.54, 1.807) is 11.3 Å². The fourth-order valence-electron chi connectivity index (χ4n) is 1.93. The van der Waals surface area contributed by atoms with Gasteiger partial charge in [0.15, 0.2) is 5.69 Å². The lowest BCUT2D eigenvalue weighted by molar-refractivity contribution is 0.0596. The van der Waals surface area contributed by atoms with Crippen molar-refractivity contribution in [2.45, 2.75) is 12.2 Å². The van der Waals surface area contributed by atoms with Gasteiger partial charge in [-0.05, 0) is 23.8 Å². The van der Waals surface area contributed by atoms with Crippen LogP contribution in [0.25, 0.3) is 9.88 Å². The number of fused-ring (bicyclic) bond motifs is 1. The van der Waals surface area contributed by atoms with Gasteiger partial charge in [0.2, 0.25) is 0 Å². The van der Waals surface area contributed by atoms with Gasteiger partial charge < -0.3 is 10.5 Å². The van der Waals surface area contributed by atoms with Crippen LogP contribution in [-0.4, -0.2) is 23.8 Å². The Kier molecular flexibility index (Phi) is 3.51. The minimum atomic E-state index is -0.475. The molecule has 0 saturated heterocycles.